The minimum Gasteiger partial charge on any atom is -0.464 e. The number of furan rings is 1. The molecule has 0 aliphatic rings. The first-order valence-corrected chi connectivity index (χ1v) is 5.32. The zero-order chi connectivity index (χ0) is 10.8. The van der Waals surface area contributed by atoms with Crippen molar-refractivity contribution in [2.24, 2.45) is 0 Å². The molecule has 0 aliphatic carbocycles. The molecule has 1 aromatic carbocycles. The fraction of sp³-hybridized carbons (Fsp3) is 0. The highest BCUT2D eigenvalue weighted by Crippen LogP contribution is 2.34. The van der Waals surface area contributed by atoms with Crippen LogP contribution in [-0.2, 0) is 0 Å². The molecule has 2 rings (SSSR count). The highest BCUT2D eigenvalue weighted by molar-refractivity contribution is 9.10. The number of hydrogen-bond acceptors (Lipinski definition) is 2. The third-order valence-corrected chi connectivity index (χ3v) is 2.70. The molecule has 0 aliphatic heterocycles. The Hall–Kier alpha value is -1.24. The lowest BCUT2D eigenvalue weighted by molar-refractivity contribution is 0.582. The normalized spacial score (nSPS) is 9.93. The Balaban J connectivity index is 2.71. The van der Waals surface area contributed by atoms with E-state index < -0.39 is 0 Å². The molecule has 1 heterocycles. The molecule has 0 N–H and O–H groups in total. The molecule has 0 unspecified atom stereocenters. The number of nitriles is 1. The predicted molar refractivity (Wildman–Crippen MR) is 61.6 cm³/mol. The molecule has 0 amide bonds. The van der Waals surface area contributed by atoms with Gasteiger partial charge in [-0.3, -0.25) is 0 Å². The van der Waals surface area contributed by atoms with E-state index in [0.29, 0.717) is 21.9 Å². The summed E-state index contributed by atoms with van der Waals surface area (Å²) < 4.78 is 6.01. The van der Waals surface area contributed by atoms with Crippen LogP contribution in [-0.4, -0.2) is 0 Å². The van der Waals surface area contributed by atoms with E-state index in [2.05, 4.69) is 22.0 Å². The van der Waals surface area contributed by atoms with Crippen LogP contribution in [0.25, 0.3) is 11.3 Å². The van der Waals surface area contributed by atoms with Crippen LogP contribution in [0.2, 0.25) is 5.02 Å². The van der Waals surface area contributed by atoms with Crippen molar-refractivity contribution in [1.29, 1.82) is 5.26 Å². The van der Waals surface area contributed by atoms with Crippen LogP contribution >= 0.6 is 27.5 Å². The molecule has 0 bridgehead atoms. The molecule has 0 radical (unpaired) electrons. The van der Waals surface area contributed by atoms with Crippen molar-refractivity contribution in [2.45, 2.75) is 0 Å². The summed E-state index contributed by atoms with van der Waals surface area (Å²) in [5.74, 6) is 0.601. The van der Waals surface area contributed by atoms with E-state index in [4.69, 9.17) is 21.3 Å². The molecule has 0 fully saturated rings. The minimum atomic E-state index is 0.490. The Morgan fingerprint density at radius 2 is 2.20 bits per heavy atom. The lowest BCUT2D eigenvalue weighted by atomic mass is 10.1. The number of rotatable bonds is 1. The van der Waals surface area contributed by atoms with Crippen LogP contribution in [0.4, 0.5) is 0 Å². The molecule has 0 atom stereocenters. The smallest absolute Gasteiger partial charge is 0.136 e. The maximum atomic E-state index is 8.99. The van der Waals surface area contributed by atoms with Crippen molar-refractivity contribution in [1.82, 2.24) is 0 Å². The summed E-state index contributed by atoms with van der Waals surface area (Å²) >= 11 is 9.35. The van der Waals surface area contributed by atoms with Crippen LogP contribution in [0, 0.1) is 11.3 Å². The van der Waals surface area contributed by atoms with Gasteiger partial charge in [-0.1, -0.05) is 27.5 Å². The first-order valence-electron chi connectivity index (χ1n) is 4.15. The third-order valence-electron chi connectivity index (χ3n) is 1.94. The second-order valence-electron chi connectivity index (χ2n) is 2.90. The summed E-state index contributed by atoms with van der Waals surface area (Å²) in [5.41, 5.74) is 1.12. The van der Waals surface area contributed by atoms with Crippen LogP contribution in [0.3, 0.4) is 0 Å². The lowest BCUT2D eigenvalue weighted by Crippen LogP contribution is -1.84. The molecular weight excluding hydrogens is 277 g/mol. The van der Waals surface area contributed by atoms with Gasteiger partial charge in [-0.2, -0.15) is 5.26 Å². The van der Waals surface area contributed by atoms with Crippen molar-refractivity contribution in [3.63, 3.8) is 0 Å². The molecule has 15 heavy (non-hydrogen) atoms. The molecule has 2 aromatic rings. The highest BCUT2D eigenvalue weighted by atomic mass is 79.9. The van der Waals surface area contributed by atoms with Crippen molar-refractivity contribution in [3.05, 3.63) is 45.6 Å². The Morgan fingerprint density at radius 1 is 1.40 bits per heavy atom. The first kappa shape index (κ1) is 10.3. The van der Waals surface area contributed by atoms with E-state index in [9.17, 15) is 0 Å². The molecule has 0 saturated heterocycles. The zero-order valence-corrected chi connectivity index (χ0v) is 9.84. The third kappa shape index (κ3) is 1.92. The quantitative estimate of drug-likeness (QED) is 0.784. The minimum absolute atomic E-state index is 0.490. The monoisotopic (exact) mass is 281 g/mol. The van der Waals surface area contributed by atoms with Gasteiger partial charge in [0.05, 0.1) is 28.5 Å². The van der Waals surface area contributed by atoms with Gasteiger partial charge < -0.3 is 4.42 Å². The van der Waals surface area contributed by atoms with Crippen molar-refractivity contribution in [3.8, 4) is 17.4 Å². The van der Waals surface area contributed by atoms with E-state index >= 15 is 0 Å². The van der Waals surface area contributed by atoms with Gasteiger partial charge in [0.1, 0.15) is 5.76 Å². The number of benzene rings is 1. The number of hydrogen-bond donors (Lipinski definition) is 0. The molecule has 2 nitrogen and oxygen atoms in total. The average Bonchev–Trinajstić information content (AvgIpc) is 2.69. The zero-order valence-electron chi connectivity index (χ0n) is 7.50. The molecular formula is C11H5BrClNO. The lowest BCUT2D eigenvalue weighted by Gasteiger charge is -2.04. The average molecular weight is 283 g/mol. The van der Waals surface area contributed by atoms with Crippen molar-refractivity contribution >= 4 is 27.5 Å². The van der Waals surface area contributed by atoms with Gasteiger partial charge in [-0.25, -0.2) is 0 Å². The van der Waals surface area contributed by atoms with Gasteiger partial charge in [0, 0.05) is 4.47 Å². The van der Waals surface area contributed by atoms with Crippen molar-refractivity contribution < 1.29 is 4.42 Å². The van der Waals surface area contributed by atoms with E-state index in [1.165, 1.54) is 0 Å². The molecule has 4 heteroatoms. The van der Waals surface area contributed by atoms with Crippen molar-refractivity contribution in [2.75, 3.05) is 0 Å². The summed E-state index contributed by atoms with van der Waals surface area (Å²) in [5, 5.41) is 9.49. The molecule has 1 aromatic heterocycles. The van der Waals surface area contributed by atoms with Crippen LogP contribution in [0.5, 0.6) is 0 Å². The van der Waals surface area contributed by atoms with Gasteiger partial charge in [-0.05, 0) is 24.3 Å². The first-order chi connectivity index (χ1) is 7.22. The fourth-order valence-corrected chi connectivity index (χ4v) is 2.24. The van der Waals surface area contributed by atoms with Crippen LogP contribution in [0.1, 0.15) is 5.56 Å². The second kappa shape index (κ2) is 4.09. The van der Waals surface area contributed by atoms with Gasteiger partial charge >= 0.3 is 0 Å². The van der Waals surface area contributed by atoms with E-state index in [-0.39, 0.29) is 0 Å². The maximum absolute atomic E-state index is 8.99. The topological polar surface area (TPSA) is 36.9 Å². The Bertz CT molecular complexity index is 528. The molecule has 0 saturated carbocycles. The predicted octanol–water partition coefficient (Wildman–Crippen LogP) is 4.23. The maximum Gasteiger partial charge on any atom is 0.136 e. The summed E-state index contributed by atoms with van der Waals surface area (Å²) in [6, 6.07) is 9.07. The van der Waals surface area contributed by atoms with Crippen LogP contribution in [0.15, 0.2) is 39.4 Å². The fourth-order valence-electron chi connectivity index (χ4n) is 1.33. The van der Waals surface area contributed by atoms with Crippen LogP contribution < -0.4 is 0 Å². The Kier molecular flexibility index (Phi) is 2.81. The van der Waals surface area contributed by atoms with Gasteiger partial charge in [0.15, 0.2) is 0 Å². The molecule has 74 valence electrons. The summed E-state index contributed by atoms with van der Waals surface area (Å²) in [6.07, 6.45) is 1.55. The SMILES string of the molecule is N#Cc1cc(Br)cc(Cl)c1-c1ccco1. The van der Waals surface area contributed by atoms with E-state index in [1.54, 1.807) is 30.5 Å². The Morgan fingerprint density at radius 3 is 2.80 bits per heavy atom. The Labute approximate surface area is 100 Å². The number of halogens is 2. The van der Waals surface area contributed by atoms with Gasteiger partial charge in [-0.15, -0.1) is 0 Å². The number of nitrogens with zero attached hydrogens (tertiary/aromatic N) is 1. The second-order valence-corrected chi connectivity index (χ2v) is 4.22. The largest absolute Gasteiger partial charge is 0.464 e. The summed E-state index contributed by atoms with van der Waals surface area (Å²) in [4.78, 5) is 0. The highest BCUT2D eigenvalue weighted by Gasteiger charge is 2.12. The standard InChI is InChI=1S/C11H5BrClNO/c12-8-4-7(6-14)11(9(13)5-8)10-2-1-3-15-10/h1-5H. The summed E-state index contributed by atoms with van der Waals surface area (Å²) in [6.45, 7) is 0. The van der Waals surface area contributed by atoms with Gasteiger partial charge in [0.25, 0.3) is 0 Å². The van der Waals surface area contributed by atoms with E-state index in [0.717, 1.165) is 4.47 Å². The van der Waals surface area contributed by atoms with E-state index in [1.807, 2.05) is 0 Å². The molecule has 0 spiro atoms. The van der Waals surface area contributed by atoms with Gasteiger partial charge in [0.2, 0.25) is 0 Å². The summed E-state index contributed by atoms with van der Waals surface area (Å²) in [7, 11) is 0.